The van der Waals surface area contributed by atoms with Crippen molar-refractivity contribution in [2.75, 3.05) is 18.5 Å². The van der Waals surface area contributed by atoms with Crippen LogP contribution in [0.5, 0.6) is 0 Å². The molecule has 0 aromatic heterocycles. The third-order valence-electron chi connectivity index (χ3n) is 4.38. The molecule has 0 atom stereocenters. The fourth-order valence-electron chi connectivity index (χ4n) is 2.91. The third-order valence-corrected chi connectivity index (χ3v) is 4.38. The largest absolute Gasteiger partial charge is 0.452 e. The molecule has 2 aromatic rings. The molecule has 3 amide bonds. The Kier molecular flexibility index (Phi) is 6.01. The highest BCUT2D eigenvalue weighted by Gasteiger charge is 2.35. The van der Waals surface area contributed by atoms with Crippen LogP contribution in [0.1, 0.15) is 50.8 Å². The molecule has 0 saturated heterocycles. The highest BCUT2D eigenvalue weighted by molar-refractivity contribution is 6.22. The molecule has 0 aliphatic carbocycles. The molecule has 0 spiro atoms. The van der Waals surface area contributed by atoms with Gasteiger partial charge >= 0.3 is 5.97 Å². The van der Waals surface area contributed by atoms with Gasteiger partial charge in [-0.3, -0.25) is 19.3 Å². The molecule has 7 nitrogen and oxygen atoms in total. The van der Waals surface area contributed by atoms with Crippen molar-refractivity contribution in [3.8, 4) is 0 Å². The SMILES string of the molecule is CCCCN1C(=O)c2ccc(C(=O)OCC(=O)Nc3cccc(F)c3)cc2C1=O. The van der Waals surface area contributed by atoms with E-state index in [1.54, 1.807) is 0 Å². The van der Waals surface area contributed by atoms with Crippen molar-refractivity contribution in [1.82, 2.24) is 4.90 Å². The van der Waals surface area contributed by atoms with Crippen molar-refractivity contribution in [2.45, 2.75) is 19.8 Å². The normalized spacial score (nSPS) is 12.7. The first-order chi connectivity index (χ1) is 13.9. The number of anilines is 1. The lowest BCUT2D eigenvalue weighted by atomic mass is 10.1. The predicted molar refractivity (Wildman–Crippen MR) is 102 cm³/mol. The number of hydrogen-bond donors (Lipinski definition) is 1. The molecule has 0 unspecified atom stereocenters. The summed E-state index contributed by atoms with van der Waals surface area (Å²) in [6, 6.07) is 9.38. The summed E-state index contributed by atoms with van der Waals surface area (Å²) in [6.45, 7) is 1.70. The second-order valence-electron chi connectivity index (χ2n) is 6.51. The molecule has 0 bridgehead atoms. The smallest absolute Gasteiger partial charge is 0.338 e. The van der Waals surface area contributed by atoms with Gasteiger partial charge in [-0.05, 0) is 42.8 Å². The summed E-state index contributed by atoms with van der Waals surface area (Å²) in [7, 11) is 0. The summed E-state index contributed by atoms with van der Waals surface area (Å²) in [5, 5.41) is 2.41. The molecule has 8 heteroatoms. The van der Waals surface area contributed by atoms with Crippen LogP contribution in [0.25, 0.3) is 0 Å². The van der Waals surface area contributed by atoms with Gasteiger partial charge in [0.2, 0.25) is 0 Å². The quantitative estimate of drug-likeness (QED) is 0.572. The van der Waals surface area contributed by atoms with Crippen LogP contribution in [0.2, 0.25) is 0 Å². The van der Waals surface area contributed by atoms with Gasteiger partial charge in [0.15, 0.2) is 6.61 Å². The van der Waals surface area contributed by atoms with Crippen LogP contribution in [0.4, 0.5) is 10.1 Å². The lowest BCUT2D eigenvalue weighted by Crippen LogP contribution is -2.30. The third kappa shape index (κ3) is 4.48. The first kappa shape index (κ1) is 20.2. The zero-order chi connectivity index (χ0) is 21.0. The van der Waals surface area contributed by atoms with Crippen molar-refractivity contribution >= 4 is 29.4 Å². The van der Waals surface area contributed by atoms with E-state index in [4.69, 9.17) is 4.74 Å². The summed E-state index contributed by atoms with van der Waals surface area (Å²) < 4.78 is 18.1. The Morgan fingerprint density at radius 1 is 1.07 bits per heavy atom. The molecule has 1 N–H and O–H groups in total. The number of carbonyl (C=O) groups is 4. The van der Waals surface area contributed by atoms with Crippen LogP contribution in [0, 0.1) is 5.82 Å². The number of rotatable bonds is 7. The number of nitrogens with one attached hydrogen (secondary N) is 1. The van der Waals surface area contributed by atoms with Crippen molar-refractivity contribution in [3.05, 3.63) is 65.0 Å². The molecular formula is C21H19FN2O5. The number of unbranched alkanes of at least 4 members (excludes halogenated alkanes) is 1. The van der Waals surface area contributed by atoms with Gasteiger partial charge < -0.3 is 10.1 Å². The number of amides is 3. The van der Waals surface area contributed by atoms with Crippen molar-refractivity contribution < 1.29 is 28.3 Å². The maximum Gasteiger partial charge on any atom is 0.338 e. The Balaban J connectivity index is 1.63. The van der Waals surface area contributed by atoms with E-state index < -0.39 is 30.2 Å². The maximum atomic E-state index is 13.1. The minimum absolute atomic E-state index is 0.0563. The van der Waals surface area contributed by atoms with Gasteiger partial charge in [-0.15, -0.1) is 0 Å². The zero-order valence-corrected chi connectivity index (χ0v) is 15.7. The molecule has 1 heterocycles. The van der Waals surface area contributed by atoms with E-state index in [2.05, 4.69) is 5.32 Å². The minimum atomic E-state index is -0.811. The van der Waals surface area contributed by atoms with E-state index in [1.165, 1.54) is 36.4 Å². The Morgan fingerprint density at radius 3 is 2.55 bits per heavy atom. The minimum Gasteiger partial charge on any atom is -0.452 e. The monoisotopic (exact) mass is 398 g/mol. The number of fused-ring (bicyclic) bond motifs is 1. The van der Waals surface area contributed by atoms with Gasteiger partial charge in [-0.1, -0.05) is 19.4 Å². The molecular weight excluding hydrogens is 379 g/mol. The van der Waals surface area contributed by atoms with Crippen molar-refractivity contribution in [1.29, 1.82) is 0 Å². The average Bonchev–Trinajstić information content (AvgIpc) is 2.94. The average molecular weight is 398 g/mol. The second kappa shape index (κ2) is 8.64. The van der Waals surface area contributed by atoms with E-state index in [0.29, 0.717) is 13.0 Å². The number of nitrogens with zero attached hydrogens (tertiary/aromatic N) is 1. The number of benzene rings is 2. The van der Waals surface area contributed by atoms with Gasteiger partial charge in [0.05, 0.1) is 16.7 Å². The topological polar surface area (TPSA) is 92.8 Å². The Bertz CT molecular complexity index is 989. The number of halogens is 1. The summed E-state index contributed by atoms with van der Waals surface area (Å²) in [5.41, 5.74) is 0.678. The molecule has 150 valence electrons. The fourth-order valence-corrected chi connectivity index (χ4v) is 2.91. The molecule has 1 aliphatic heterocycles. The predicted octanol–water partition coefficient (Wildman–Crippen LogP) is 3.02. The Hall–Kier alpha value is -3.55. The zero-order valence-electron chi connectivity index (χ0n) is 15.7. The summed E-state index contributed by atoms with van der Waals surface area (Å²) in [5.74, 6) is -2.79. The van der Waals surface area contributed by atoms with Gasteiger partial charge in [0, 0.05) is 12.2 Å². The van der Waals surface area contributed by atoms with Crippen LogP contribution in [-0.2, 0) is 9.53 Å². The summed E-state index contributed by atoms with van der Waals surface area (Å²) in [6.07, 6.45) is 1.53. The molecule has 2 aromatic carbocycles. The highest BCUT2D eigenvalue weighted by atomic mass is 19.1. The summed E-state index contributed by atoms with van der Waals surface area (Å²) in [4.78, 5) is 50.0. The fraction of sp³-hybridized carbons (Fsp3) is 0.238. The Labute approximate surface area is 166 Å². The molecule has 0 fully saturated rings. The van der Waals surface area contributed by atoms with Crippen LogP contribution in [-0.4, -0.2) is 41.7 Å². The number of carbonyl (C=O) groups excluding carboxylic acids is 4. The van der Waals surface area contributed by atoms with Crippen molar-refractivity contribution in [2.24, 2.45) is 0 Å². The first-order valence-corrected chi connectivity index (χ1v) is 9.13. The van der Waals surface area contributed by atoms with Crippen LogP contribution in [0.15, 0.2) is 42.5 Å². The van der Waals surface area contributed by atoms with Gasteiger partial charge in [-0.2, -0.15) is 0 Å². The van der Waals surface area contributed by atoms with E-state index >= 15 is 0 Å². The number of ether oxygens (including phenoxy) is 1. The summed E-state index contributed by atoms with van der Waals surface area (Å²) >= 11 is 0. The first-order valence-electron chi connectivity index (χ1n) is 9.13. The number of hydrogen-bond acceptors (Lipinski definition) is 5. The van der Waals surface area contributed by atoms with Crippen molar-refractivity contribution in [3.63, 3.8) is 0 Å². The van der Waals surface area contributed by atoms with E-state index in [9.17, 15) is 23.6 Å². The van der Waals surface area contributed by atoms with Crippen LogP contribution < -0.4 is 5.32 Å². The van der Waals surface area contributed by atoms with E-state index in [1.807, 2.05) is 6.92 Å². The number of esters is 1. The maximum absolute atomic E-state index is 13.1. The molecule has 1 aliphatic rings. The van der Waals surface area contributed by atoms with Crippen LogP contribution >= 0.6 is 0 Å². The standard InChI is InChI=1S/C21H19FN2O5/c1-2-3-9-24-19(26)16-8-7-13(10-17(16)20(24)27)21(28)29-12-18(25)23-15-6-4-5-14(22)11-15/h4-8,10-11H,2-3,9,12H2,1H3,(H,23,25). The lowest BCUT2D eigenvalue weighted by molar-refractivity contribution is -0.119. The molecule has 0 saturated carbocycles. The highest BCUT2D eigenvalue weighted by Crippen LogP contribution is 2.24. The number of imide groups is 1. The molecule has 0 radical (unpaired) electrons. The molecule has 29 heavy (non-hydrogen) atoms. The van der Waals surface area contributed by atoms with Gasteiger partial charge in [0.1, 0.15) is 5.82 Å². The van der Waals surface area contributed by atoms with Gasteiger partial charge in [-0.25, -0.2) is 9.18 Å². The second-order valence-corrected chi connectivity index (χ2v) is 6.51. The Morgan fingerprint density at radius 2 is 1.83 bits per heavy atom. The van der Waals surface area contributed by atoms with Crippen LogP contribution in [0.3, 0.4) is 0 Å². The van der Waals surface area contributed by atoms with Gasteiger partial charge in [0.25, 0.3) is 17.7 Å². The lowest BCUT2D eigenvalue weighted by Gasteiger charge is -2.12. The van der Waals surface area contributed by atoms with E-state index in [0.717, 1.165) is 17.4 Å². The van der Waals surface area contributed by atoms with E-state index in [-0.39, 0.29) is 28.3 Å². The molecule has 3 rings (SSSR count).